The van der Waals surface area contributed by atoms with Crippen LogP contribution < -0.4 is 5.73 Å². The first-order valence-corrected chi connectivity index (χ1v) is 6.22. The van der Waals surface area contributed by atoms with Crippen LogP contribution in [0.4, 0.5) is 0 Å². The fourth-order valence-electron chi connectivity index (χ4n) is 1.91. The predicted octanol–water partition coefficient (Wildman–Crippen LogP) is 2.28. The summed E-state index contributed by atoms with van der Waals surface area (Å²) in [5.41, 5.74) is 7.52. The van der Waals surface area contributed by atoms with E-state index in [1.165, 1.54) is 0 Å². The Labute approximate surface area is 106 Å². The maximum Gasteiger partial charge on any atom is 0.231 e. The van der Waals surface area contributed by atoms with Crippen LogP contribution in [0.15, 0.2) is 22.9 Å². The zero-order valence-corrected chi connectivity index (χ0v) is 10.8. The second-order valence-electron chi connectivity index (χ2n) is 4.35. The molecule has 2 heterocycles. The summed E-state index contributed by atoms with van der Waals surface area (Å²) in [5, 5.41) is 3.99. The molecule has 5 nitrogen and oxygen atoms in total. The van der Waals surface area contributed by atoms with Crippen molar-refractivity contribution in [2.45, 2.75) is 32.6 Å². The van der Waals surface area contributed by atoms with E-state index in [9.17, 15) is 0 Å². The van der Waals surface area contributed by atoms with Gasteiger partial charge in [-0.3, -0.25) is 4.98 Å². The molecule has 0 amide bonds. The van der Waals surface area contributed by atoms with Crippen LogP contribution in [0, 0.1) is 6.92 Å². The van der Waals surface area contributed by atoms with Gasteiger partial charge in [0.15, 0.2) is 0 Å². The highest BCUT2D eigenvalue weighted by molar-refractivity contribution is 5.53. The summed E-state index contributed by atoms with van der Waals surface area (Å²) in [5.74, 6) is 1.29. The van der Waals surface area contributed by atoms with Crippen molar-refractivity contribution in [2.75, 3.05) is 6.54 Å². The van der Waals surface area contributed by atoms with Gasteiger partial charge in [0, 0.05) is 12.7 Å². The smallest absolute Gasteiger partial charge is 0.231 e. The van der Waals surface area contributed by atoms with E-state index in [1.54, 1.807) is 6.20 Å². The topological polar surface area (TPSA) is 77.8 Å². The summed E-state index contributed by atoms with van der Waals surface area (Å²) < 4.78 is 5.30. The maximum absolute atomic E-state index is 5.73. The predicted molar refractivity (Wildman–Crippen MR) is 69.0 cm³/mol. The van der Waals surface area contributed by atoms with E-state index in [0.717, 1.165) is 24.1 Å². The van der Waals surface area contributed by atoms with E-state index in [2.05, 4.69) is 22.0 Å². The summed E-state index contributed by atoms with van der Waals surface area (Å²) >= 11 is 0. The molecule has 0 bridgehead atoms. The lowest BCUT2D eigenvalue weighted by atomic mass is 10.0. The van der Waals surface area contributed by atoms with E-state index in [0.29, 0.717) is 18.3 Å². The fourth-order valence-corrected chi connectivity index (χ4v) is 1.91. The second-order valence-corrected chi connectivity index (χ2v) is 4.35. The molecule has 0 saturated carbocycles. The van der Waals surface area contributed by atoms with Crippen molar-refractivity contribution in [3.05, 3.63) is 29.8 Å². The minimum absolute atomic E-state index is 0.139. The highest BCUT2D eigenvalue weighted by atomic mass is 16.5. The largest absolute Gasteiger partial charge is 0.339 e. The van der Waals surface area contributed by atoms with Crippen LogP contribution in [0.1, 0.15) is 37.1 Å². The standard InChI is InChI=1S/C13H18N4O/c1-3-5-10(8-14)13-16-12(17-18-13)11-9(2)6-4-7-15-11/h4,6-7,10H,3,5,8,14H2,1-2H3. The van der Waals surface area contributed by atoms with Crippen molar-refractivity contribution in [3.8, 4) is 11.5 Å². The Kier molecular flexibility index (Phi) is 4.04. The Bertz CT molecular complexity index is 509. The Balaban J connectivity index is 2.28. The monoisotopic (exact) mass is 246 g/mol. The van der Waals surface area contributed by atoms with Crippen molar-refractivity contribution < 1.29 is 4.52 Å². The molecule has 0 aliphatic heterocycles. The molecular formula is C13H18N4O. The highest BCUT2D eigenvalue weighted by Crippen LogP contribution is 2.22. The Morgan fingerprint density at radius 2 is 2.28 bits per heavy atom. The molecule has 2 N–H and O–H groups in total. The number of rotatable bonds is 5. The van der Waals surface area contributed by atoms with E-state index in [1.807, 2.05) is 19.1 Å². The third kappa shape index (κ3) is 2.56. The van der Waals surface area contributed by atoms with Gasteiger partial charge in [0.05, 0.1) is 5.92 Å². The Morgan fingerprint density at radius 1 is 1.44 bits per heavy atom. The third-order valence-electron chi connectivity index (χ3n) is 2.93. The fraction of sp³-hybridized carbons (Fsp3) is 0.462. The zero-order chi connectivity index (χ0) is 13.0. The first-order valence-electron chi connectivity index (χ1n) is 6.22. The van der Waals surface area contributed by atoms with Crippen LogP contribution in [-0.2, 0) is 0 Å². The lowest BCUT2D eigenvalue weighted by molar-refractivity contribution is 0.347. The van der Waals surface area contributed by atoms with Crippen molar-refractivity contribution in [1.82, 2.24) is 15.1 Å². The quantitative estimate of drug-likeness (QED) is 0.875. The third-order valence-corrected chi connectivity index (χ3v) is 2.93. The molecule has 0 radical (unpaired) electrons. The molecule has 96 valence electrons. The minimum Gasteiger partial charge on any atom is -0.339 e. The number of hydrogen-bond acceptors (Lipinski definition) is 5. The van der Waals surface area contributed by atoms with Gasteiger partial charge in [-0.25, -0.2) is 0 Å². The maximum atomic E-state index is 5.73. The molecule has 1 atom stereocenters. The SMILES string of the molecule is CCCC(CN)c1nc(-c2ncccc2C)no1. The summed E-state index contributed by atoms with van der Waals surface area (Å²) in [4.78, 5) is 8.69. The number of nitrogens with zero attached hydrogens (tertiary/aromatic N) is 3. The molecule has 18 heavy (non-hydrogen) atoms. The van der Waals surface area contributed by atoms with Gasteiger partial charge in [0.1, 0.15) is 5.69 Å². The second kappa shape index (κ2) is 5.73. The molecule has 0 aliphatic rings. The average Bonchev–Trinajstić information content (AvgIpc) is 2.85. The number of nitrogens with two attached hydrogens (primary N) is 1. The normalized spacial score (nSPS) is 12.6. The number of pyridine rings is 1. The van der Waals surface area contributed by atoms with Crippen molar-refractivity contribution in [3.63, 3.8) is 0 Å². The van der Waals surface area contributed by atoms with Crippen LogP contribution in [0.3, 0.4) is 0 Å². The van der Waals surface area contributed by atoms with Crippen LogP contribution >= 0.6 is 0 Å². The van der Waals surface area contributed by atoms with Gasteiger partial charge < -0.3 is 10.3 Å². The van der Waals surface area contributed by atoms with Crippen LogP contribution in [0.5, 0.6) is 0 Å². The zero-order valence-electron chi connectivity index (χ0n) is 10.8. The van der Waals surface area contributed by atoms with Crippen molar-refractivity contribution in [2.24, 2.45) is 5.73 Å². The first-order chi connectivity index (χ1) is 8.76. The molecule has 0 saturated heterocycles. The highest BCUT2D eigenvalue weighted by Gasteiger charge is 2.18. The summed E-state index contributed by atoms with van der Waals surface area (Å²) in [6.45, 7) is 4.62. The summed E-state index contributed by atoms with van der Waals surface area (Å²) in [6, 6.07) is 3.87. The number of hydrogen-bond donors (Lipinski definition) is 1. The lowest BCUT2D eigenvalue weighted by Crippen LogP contribution is -2.12. The van der Waals surface area contributed by atoms with Crippen LogP contribution in [-0.4, -0.2) is 21.7 Å². The van der Waals surface area contributed by atoms with Gasteiger partial charge >= 0.3 is 0 Å². The van der Waals surface area contributed by atoms with Crippen molar-refractivity contribution in [1.29, 1.82) is 0 Å². The summed E-state index contributed by atoms with van der Waals surface area (Å²) in [6.07, 6.45) is 3.73. The van der Waals surface area contributed by atoms with Gasteiger partial charge in [-0.2, -0.15) is 4.98 Å². The molecule has 2 aromatic rings. The minimum atomic E-state index is 0.139. The lowest BCUT2D eigenvalue weighted by Gasteiger charge is -2.06. The molecule has 0 fully saturated rings. The van der Waals surface area contributed by atoms with Crippen LogP contribution in [0.25, 0.3) is 11.5 Å². The van der Waals surface area contributed by atoms with Gasteiger partial charge in [-0.1, -0.05) is 24.6 Å². The number of aryl methyl sites for hydroxylation is 1. The van der Waals surface area contributed by atoms with Gasteiger partial charge in [-0.05, 0) is 25.0 Å². The van der Waals surface area contributed by atoms with Gasteiger partial charge in [0.25, 0.3) is 0 Å². The molecule has 0 aromatic carbocycles. The molecule has 0 aliphatic carbocycles. The molecule has 2 rings (SSSR count). The van der Waals surface area contributed by atoms with Crippen molar-refractivity contribution >= 4 is 0 Å². The summed E-state index contributed by atoms with van der Waals surface area (Å²) in [7, 11) is 0. The van der Waals surface area contributed by atoms with E-state index in [-0.39, 0.29) is 5.92 Å². The molecular weight excluding hydrogens is 228 g/mol. The molecule has 0 spiro atoms. The Hall–Kier alpha value is -1.75. The first kappa shape index (κ1) is 12.7. The van der Waals surface area contributed by atoms with Crippen LogP contribution in [0.2, 0.25) is 0 Å². The molecule has 2 aromatic heterocycles. The molecule has 1 unspecified atom stereocenters. The Morgan fingerprint density at radius 3 is 2.94 bits per heavy atom. The van der Waals surface area contributed by atoms with Gasteiger partial charge in [-0.15, -0.1) is 0 Å². The average molecular weight is 246 g/mol. The number of aromatic nitrogens is 3. The van der Waals surface area contributed by atoms with E-state index < -0.39 is 0 Å². The van der Waals surface area contributed by atoms with Gasteiger partial charge in [0.2, 0.25) is 11.7 Å². The van der Waals surface area contributed by atoms with E-state index in [4.69, 9.17) is 10.3 Å². The molecule has 5 heteroatoms. The van der Waals surface area contributed by atoms with E-state index >= 15 is 0 Å².